The van der Waals surface area contributed by atoms with Crippen molar-refractivity contribution >= 4 is 5.91 Å². The van der Waals surface area contributed by atoms with E-state index in [4.69, 9.17) is 4.74 Å². The summed E-state index contributed by atoms with van der Waals surface area (Å²) in [6.45, 7) is 3.04. The minimum absolute atomic E-state index is 0.00492. The van der Waals surface area contributed by atoms with E-state index in [1.54, 1.807) is 11.6 Å². The molecule has 144 valence electrons. The monoisotopic (exact) mass is 377 g/mol. The topological polar surface area (TPSA) is 56.5 Å². The van der Waals surface area contributed by atoms with Crippen molar-refractivity contribution in [3.05, 3.63) is 82.5 Å². The van der Waals surface area contributed by atoms with Crippen LogP contribution in [0, 0.1) is 6.92 Å². The van der Waals surface area contributed by atoms with E-state index < -0.39 is 0 Å². The van der Waals surface area contributed by atoms with Crippen LogP contribution in [0.15, 0.2) is 65.7 Å². The predicted octanol–water partition coefficient (Wildman–Crippen LogP) is 2.78. The highest BCUT2D eigenvalue weighted by atomic mass is 16.5. The summed E-state index contributed by atoms with van der Waals surface area (Å²) in [7, 11) is 1.74. The molecule has 1 fully saturated rings. The number of hydrogen-bond donors (Lipinski definition) is 0. The Morgan fingerprint density at radius 2 is 1.82 bits per heavy atom. The Morgan fingerprint density at radius 1 is 1.11 bits per heavy atom. The van der Waals surface area contributed by atoms with Crippen LogP contribution in [0.2, 0.25) is 0 Å². The number of hydrogen-bond acceptors (Lipinski definition) is 3. The van der Waals surface area contributed by atoms with Crippen molar-refractivity contribution in [3.8, 4) is 11.4 Å². The van der Waals surface area contributed by atoms with Gasteiger partial charge in [0.15, 0.2) is 0 Å². The summed E-state index contributed by atoms with van der Waals surface area (Å²) < 4.78 is 9.54. The molecule has 28 heavy (non-hydrogen) atoms. The number of carbonyl (C=O) groups excluding carboxylic acids is 1. The molecule has 1 saturated heterocycles. The molecule has 0 spiro atoms. The molecule has 1 aliphatic rings. The highest BCUT2D eigenvalue weighted by Crippen LogP contribution is 2.20. The van der Waals surface area contributed by atoms with Crippen molar-refractivity contribution < 1.29 is 9.53 Å². The highest BCUT2D eigenvalue weighted by molar-refractivity contribution is 5.94. The zero-order valence-electron chi connectivity index (χ0n) is 16.0. The van der Waals surface area contributed by atoms with Crippen LogP contribution in [0.5, 0.6) is 5.75 Å². The molecule has 1 aliphatic heterocycles. The number of nitrogens with zero attached hydrogens (tertiary/aromatic N) is 3. The zero-order valence-corrected chi connectivity index (χ0v) is 16.0. The third-order valence-corrected chi connectivity index (χ3v) is 5.23. The van der Waals surface area contributed by atoms with E-state index >= 15 is 0 Å². The summed E-state index contributed by atoms with van der Waals surface area (Å²) in [6.07, 6.45) is 4.59. The Morgan fingerprint density at radius 3 is 2.50 bits per heavy atom. The summed E-state index contributed by atoms with van der Waals surface area (Å²) in [5, 5.41) is 0. The van der Waals surface area contributed by atoms with Gasteiger partial charge in [-0.25, -0.2) is 0 Å². The van der Waals surface area contributed by atoms with Gasteiger partial charge in [0, 0.05) is 55.4 Å². The van der Waals surface area contributed by atoms with E-state index in [1.165, 1.54) is 6.07 Å². The Balaban J connectivity index is 1.41. The molecule has 1 atom stereocenters. The van der Waals surface area contributed by atoms with Gasteiger partial charge >= 0.3 is 0 Å². The van der Waals surface area contributed by atoms with Crippen LogP contribution in [0.1, 0.15) is 22.5 Å². The minimum Gasteiger partial charge on any atom is -0.488 e. The lowest BCUT2D eigenvalue weighted by Gasteiger charge is -2.18. The average Bonchev–Trinajstić information content (AvgIpc) is 3.38. The lowest BCUT2D eigenvalue weighted by Crippen LogP contribution is -2.31. The fourth-order valence-electron chi connectivity index (χ4n) is 3.47. The molecule has 4 rings (SSSR count). The summed E-state index contributed by atoms with van der Waals surface area (Å²) in [5.41, 5.74) is 2.44. The molecule has 1 amide bonds. The summed E-state index contributed by atoms with van der Waals surface area (Å²) >= 11 is 0. The molecule has 0 radical (unpaired) electrons. The number of likely N-dealkylation sites (tertiary alicyclic amines) is 1. The summed E-state index contributed by atoms with van der Waals surface area (Å²) in [6, 6.07) is 14.9. The zero-order chi connectivity index (χ0) is 19.7. The first-order valence-electron chi connectivity index (χ1n) is 9.38. The van der Waals surface area contributed by atoms with Gasteiger partial charge in [-0.1, -0.05) is 0 Å². The Kier molecular flexibility index (Phi) is 4.77. The van der Waals surface area contributed by atoms with Gasteiger partial charge < -0.3 is 18.8 Å². The fraction of sp³-hybridized carbons (Fsp3) is 0.273. The normalized spacial score (nSPS) is 16.4. The van der Waals surface area contributed by atoms with E-state index in [0.29, 0.717) is 24.4 Å². The number of ether oxygens (including phenoxy) is 1. The standard InChI is InChI=1S/C22H23N3O3/c1-16-13-20(14-21(26)23(16)2)28-19-9-12-25(15-19)22(27)17-5-7-18(8-6-17)24-10-3-4-11-24/h3-8,10-11,13-14,19H,9,12,15H2,1-2H3/t19-/m0/s1. The average molecular weight is 377 g/mol. The molecule has 6 nitrogen and oxygen atoms in total. The van der Waals surface area contributed by atoms with Crippen molar-refractivity contribution in [1.82, 2.24) is 14.0 Å². The van der Waals surface area contributed by atoms with E-state index in [9.17, 15) is 9.59 Å². The first kappa shape index (κ1) is 18.1. The molecule has 1 aromatic carbocycles. The predicted molar refractivity (Wildman–Crippen MR) is 107 cm³/mol. The number of carbonyl (C=O) groups is 1. The van der Waals surface area contributed by atoms with Crippen LogP contribution < -0.4 is 10.3 Å². The van der Waals surface area contributed by atoms with Gasteiger partial charge in [0.05, 0.1) is 6.54 Å². The number of aryl methyl sites for hydroxylation is 1. The Hall–Kier alpha value is -3.28. The Labute approximate surface area is 163 Å². The Bertz CT molecular complexity index is 1040. The molecule has 0 aliphatic carbocycles. The van der Waals surface area contributed by atoms with Crippen LogP contribution in [-0.2, 0) is 7.05 Å². The molecule has 0 N–H and O–H groups in total. The van der Waals surface area contributed by atoms with Crippen LogP contribution in [0.3, 0.4) is 0 Å². The third-order valence-electron chi connectivity index (χ3n) is 5.23. The summed E-state index contributed by atoms with van der Waals surface area (Å²) in [5.74, 6) is 0.571. The van der Waals surface area contributed by atoms with Crippen molar-refractivity contribution in [2.24, 2.45) is 7.05 Å². The smallest absolute Gasteiger partial charge is 0.254 e. The second kappa shape index (κ2) is 7.38. The molecule has 2 aromatic heterocycles. The molecule has 3 aromatic rings. The van der Waals surface area contributed by atoms with Crippen molar-refractivity contribution in [3.63, 3.8) is 0 Å². The van der Waals surface area contributed by atoms with E-state index in [1.807, 2.05) is 71.2 Å². The number of pyridine rings is 1. The van der Waals surface area contributed by atoms with E-state index in [2.05, 4.69) is 0 Å². The number of rotatable bonds is 4. The first-order chi connectivity index (χ1) is 13.5. The van der Waals surface area contributed by atoms with E-state index in [-0.39, 0.29) is 17.6 Å². The van der Waals surface area contributed by atoms with Gasteiger partial charge in [0.2, 0.25) is 0 Å². The number of aromatic nitrogens is 2. The number of amides is 1. The van der Waals surface area contributed by atoms with Gasteiger partial charge in [0.25, 0.3) is 11.5 Å². The quantitative estimate of drug-likeness (QED) is 0.703. The van der Waals surface area contributed by atoms with Crippen LogP contribution >= 0.6 is 0 Å². The minimum atomic E-state index is -0.102. The lowest BCUT2D eigenvalue weighted by molar-refractivity contribution is 0.0772. The van der Waals surface area contributed by atoms with Gasteiger partial charge in [-0.2, -0.15) is 0 Å². The van der Waals surface area contributed by atoms with Crippen LogP contribution in [0.4, 0.5) is 0 Å². The second-order valence-corrected chi connectivity index (χ2v) is 7.15. The second-order valence-electron chi connectivity index (χ2n) is 7.15. The van der Waals surface area contributed by atoms with Crippen LogP contribution in [0.25, 0.3) is 5.69 Å². The SMILES string of the molecule is Cc1cc(O[C@H]2CCN(C(=O)c3ccc(-n4cccc4)cc3)C2)cc(=O)n1C. The molecule has 0 saturated carbocycles. The summed E-state index contributed by atoms with van der Waals surface area (Å²) in [4.78, 5) is 26.5. The molecular formula is C22H23N3O3. The van der Waals surface area contributed by atoms with Crippen molar-refractivity contribution in [1.29, 1.82) is 0 Å². The largest absolute Gasteiger partial charge is 0.488 e. The van der Waals surface area contributed by atoms with E-state index in [0.717, 1.165) is 17.8 Å². The fourth-order valence-corrected chi connectivity index (χ4v) is 3.47. The van der Waals surface area contributed by atoms with Crippen LogP contribution in [-0.4, -0.2) is 39.1 Å². The molecule has 3 heterocycles. The number of benzene rings is 1. The van der Waals surface area contributed by atoms with Gasteiger partial charge in [-0.3, -0.25) is 9.59 Å². The maximum absolute atomic E-state index is 12.8. The van der Waals surface area contributed by atoms with Gasteiger partial charge in [-0.15, -0.1) is 0 Å². The van der Waals surface area contributed by atoms with Gasteiger partial charge in [0.1, 0.15) is 11.9 Å². The molecule has 6 heteroatoms. The maximum Gasteiger partial charge on any atom is 0.254 e. The maximum atomic E-state index is 12.8. The molecule has 0 bridgehead atoms. The molecular weight excluding hydrogens is 354 g/mol. The van der Waals surface area contributed by atoms with Crippen molar-refractivity contribution in [2.75, 3.05) is 13.1 Å². The molecule has 0 unspecified atom stereocenters. The van der Waals surface area contributed by atoms with Crippen molar-refractivity contribution in [2.45, 2.75) is 19.4 Å². The van der Waals surface area contributed by atoms with Gasteiger partial charge in [-0.05, 0) is 49.4 Å². The first-order valence-corrected chi connectivity index (χ1v) is 9.38. The lowest BCUT2D eigenvalue weighted by atomic mass is 10.2. The third kappa shape index (κ3) is 3.58. The highest BCUT2D eigenvalue weighted by Gasteiger charge is 2.28.